The molecule has 240 valence electrons. The second kappa shape index (κ2) is 11.1. The first-order valence-corrected chi connectivity index (χ1v) is 16.7. The van der Waals surface area contributed by atoms with Crippen LogP contribution in [0.25, 0.3) is 11.8 Å². The number of allylic oxidation sites excluding steroid dienone is 1. The molecule has 8 nitrogen and oxygen atoms in total. The molecule has 2 heterocycles. The van der Waals surface area contributed by atoms with Gasteiger partial charge in [0, 0.05) is 17.4 Å². The summed E-state index contributed by atoms with van der Waals surface area (Å²) in [6.45, 7) is 3.75. The SMILES string of the molecule is C[C@]12Cc3cnn(-c4ccc(F)c(CO)c4)c3C=C1CC[C@@H]1[C@@H]2[C@@H](O)C[C@@]2(C)[C@H]1CC[C@]2(OC(=O)C1CC=CO1)C(=O)SCF. The Balaban J connectivity index is 1.21. The fourth-order valence-electron chi connectivity index (χ4n) is 9.68. The van der Waals surface area contributed by atoms with Crippen LogP contribution in [0.4, 0.5) is 8.78 Å². The number of benzene rings is 1. The van der Waals surface area contributed by atoms with Crippen molar-refractivity contribution in [2.24, 2.45) is 28.6 Å². The number of ether oxygens (including phenoxy) is 2. The number of fused-ring (bicyclic) bond motifs is 6. The summed E-state index contributed by atoms with van der Waals surface area (Å²) >= 11 is 0.536. The van der Waals surface area contributed by atoms with Crippen LogP contribution in [0, 0.1) is 34.4 Å². The summed E-state index contributed by atoms with van der Waals surface area (Å²) in [6, 6.07) is 3.67. The van der Waals surface area contributed by atoms with Crippen molar-refractivity contribution in [1.29, 1.82) is 0 Å². The van der Waals surface area contributed by atoms with Gasteiger partial charge in [-0.3, -0.25) is 4.79 Å². The van der Waals surface area contributed by atoms with Gasteiger partial charge in [0.25, 0.3) is 0 Å². The molecule has 4 aliphatic carbocycles. The lowest BCUT2D eigenvalue weighted by Gasteiger charge is -2.60. The maximum atomic E-state index is 14.1. The van der Waals surface area contributed by atoms with Gasteiger partial charge in [-0.1, -0.05) is 19.4 Å². The van der Waals surface area contributed by atoms with Crippen LogP contribution in [0.15, 0.2) is 42.3 Å². The molecule has 8 atom stereocenters. The van der Waals surface area contributed by atoms with E-state index in [1.165, 1.54) is 17.9 Å². The summed E-state index contributed by atoms with van der Waals surface area (Å²) in [5, 5.41) is 25.8. The average molecular weight is 641 g/mol. The quantitative estimate of drug-likeness (QED) is 0.403. The van der Waals surface area contributed by atoms with Gasteiger partial charge in [-0.15, -0.1) is 0 Å². The monoisotopic (exact) mass is 640 g/mol. The molecule has 0 bridgehead atoms. The lowest BCUT2D eigenvalue weighted by Crippen LogP contribution is -2.63. The number of aromatic nitrogens is 2. The number of nitrogens with zero attached hydrogens (tertiary/aromatic N) is 2. The number of carbonyl (C=O) groups excluding carboxylic acids is 2. The van der Waals surface area contributed by atoms with E-state index in [1.807, 2.05) is 13.1 Å². The molecular weight excluding hydrogens is 602 g/mol. The molecule has 2 N–H and O–H groups in total. The number of rotatable bonds is 6. The van der Waals surface area contributed by atoms with Crippen LogP contribution in [0.5, 0.6) is 0 Å². The molecule has 45 heavy (non-hydrogen) atoms. The Morgan fingerprint density at radius 2 is 2.09 bits per heavy atom. The number of aliphatic hydroxyl groups is 2. The van der Waals surface area contributed by atoms with E-state index in [-0.39, 0.29) is 41.6 Å². The average Bonchev–Trinajstić information content (AvgIpc) is 3.75. The van der Waals surface area contributed by atoms with E-state index >= 15 is 0 Å². The van der Waals surface area contributed by atoms with Gasteiger partial charge in [0.15, 0.2) is 11.7 Å². The van der Waals surface area contributed by atoms with E-state index in [0.29, 0.717) is 36.7 Å². The number of aliphatic hydroxyl groups excluding tert-OH is 2. The van der Waals surface area contributed by atoms with Crippen molar-refractivity contribution < 1.29 is 38.1 Å². The highest BCUT2D eigenvalue weighted by Crippen LogP contribution is 2.69. The third kappa shape index (κ3) is 4.47. The van der Waals surface area contributed by atoms with Crippen LogP contribution in [0.3, 0.4) is 0 Å². The van der Waals surface area contributed by atoms with Crippen molar-refractivity contribution >= 4 is 28.9 Å². The highest BCUT2D eigenvalue weighted by atomic mass is 32.2. The summed E-state index contributed by atoms with van der Waals surface area (Å²) in [6.07, 6.45) is 9.30. The molecule has 0 spiro atoms. The molecule has 1 aromatic carbocycles. The topological polar surface area (TPSA) is 111 Å². The maximum Gasteiger partial charge on any atom is 0.348 e. The Kier molecular flexibility index (Phi) is 7.52. The van der Waals surface area contributed by atoms with E-state index in [2.05, 4.69) is 18.1 Å². The van der Waals surface area contributed by atoms with Gasteiger partial charge in [-0.2, -0.15) is 5.10 Å². The standard InChI is InChI=1S/C34H38F2N2O6S/c1-32-14-20-16-37-38(22-6-8-25(36)19(12-22)17-39)26(20)13-21(32)5-7-23-24-9-10-34(31(42)45-18-35,33(24,2)15-27(40)29(23)32)44-30(41)28-4-3-11-43-28/h3,6,8,11-13,16,23-24,27-29,39-40H,4-5,7,9-10,14-15,17-18H2,1-2H3/t23-,24-,27-,28?,29+,32-,33-,34-/m0/s1. The fraction of sp³-hybridized carbons (Fsp3) is 0.559. The smallest absolute Gasteiger partial charge is 0.348 e. The second-order valence-corrected chi connectivity index (χ2v) is 14.6. The van der Waals surface area contributed by atoms with Crippen LogP contribution in [-0.2, 0) is 32.1 Å². The minimum atomic E-state index is -1.55. The number of alkyl halides is 1. The predicted octanol–water partition coefficient (Wildman–Crippen LogP) is 5.43. The van der Waals surface area contributed by atoms with Gasteiger partial charge in [-0.05, 0) is 109 Å². The molecular formula is C34H38F2N2O6S. The van der Waals surface area contributed by atoms with Gasteiger partial charge in [-0.25, -0.2) is 18.3 Å². The Bertz CT molecular complexity index is 1600. The molecule has 0 saturated heterocycles. The van der Waals surface area contributed by atoms with Crippen LogP contribution in [0.2, 0.25) is 0 Å². The molecule has 11 heteroatoms. The van der Waals surface area contributed by atoms with Crippen molar-refractivity contribution in [3.8, 4) is 5.69 Å². The summed E-state index contributed by atoms with van der Waals surface area (Å²) in [4.78, 5) is 27.0. The molecule has 3 saturated carbocycles. The van der Waals surface area contributed by atoms with Crippen molar-refractivity contribution in [1.82, 2.24) is 9.78 Å². The van der Waals surface area contributed by atoms with Gasteiger partial charge in [0.05, 0.1) is 36.6 Å². The molecule has 2 aromatic rings. The normalized spacial score (nSPS) is 36.3. The first-order chi connectivity index (χ1) is 21.6. The lowest BCUT2D eigenvalue weighted by atomic mass is 9.45. The van der Waals surface area contributed by atoms with Crippen molar-refractivity contribution in [3.05, 3.63) is 64.9 Å². The van der Waals surface area contributed by atoms with Crippen LogP contribution in [-0.4, -0.2) is 54.9 Å². The number of hydrogen-bond acceptors (Lipinski definition) is 8. The molecule has 1 aliphatic heterocycles. The first kappa shape index (κ1) is 30.6. The molecule has 0 amide bonds. The summed E-state index contributed by atoms with van der Waals surface area (Å²) in [5.41, 5.74) is 1.22. The zero-order valence-corrected chi connectivity index (χ0v) is 26.2. The van der Waals surface area contributed by atoms with Gasteiger partial charge in [0.1, 0.15) is 11.8 Å². The third-order valence-electron chi connectivity index (χ3n) is 11.7. The zero-order chi connectivity index (χ0) is 31.7. The lowest BCUT2D eigenvalue weighted by molar-refractivity contribution is -0.201. The van der Waals surface area contributed by atoms with Crippen molar-refractivity contribution in [2.75, 3.05) is 6.01 Å². The molecule has 7 rings (SSSR count). The zero-order valence-electron chi connectivity index (χ0n) is 25.4. The summed E-state index contributed by atoms with van der Waals surface area (Å²) < 4.78 is 41.0. The van der Waals surface area contributed by atoms with Crippen LogP contribution >= 0.6 is 11.8 Å². The molecule has 3 fully saturated rings. The summed E-state index contributed by atoms with van der Waals surface area (Å²) in [5.74, 6) is -1.14. The van der Waals surface area contributed by atoms with E-state index in [0.717, 1.165) is 24.1 Å². The minimum Gasteiger partial charge on any atom is -0.486 e. The number of esters is 1. The fourth-order valence-corrected chi connectivity index (χ4v) is 10.4. The Morgan fingerprint density at radius 1 is 1.27 bits per heavy atom. The molecule has 0 radical (unpaired) electrons. The van der Waals surface area contributed by atoms with E-state index in [9.17, 15) is 28.6 Å². The van der Waals surface area contributed by atoms with E-state index in [4.69, 9.17) is 9.47 Å². The number of carbonyl (C=O) groups is 2. The van der Waals surface area contributed by atoms with Crippen LogP contribution in [0.1, 0.15) is 69.2 Å². The number of hydrogen-bond donors (Lipinski definition) is 2. The molecule has 1 unspecified atom stereocenters. The highest BCUT2D eigenvalue weighted by molar-refractivity contribution is 8.13. The Hall–Kier alpha value is -3.02. The van der Waals surface area contributed by atoms with Gasteiger partial charge < -0.3 is 19.7 Å². The second-order valence-electron chi connectivity index (χ2n) is 13.7. The third-order valence-corrected chi connectivity index (χ3v) is 12.4. The Morgan fingerprint density at radius 3 is 2.82 bits per heavy atom. The number of thioether (sulfide) groups is 1. The van der Waals surface area contributed by atoms with Crippen molar-refractivity contribution in [3.63, 3.8) is 0 Å². The molecule has 5 aliphatic rings. The largest absolute Gasteiger partial charge is 0.486 e. The minimum absolute atomic E-state index is 0.0101. The number of halogens is 2. The van der Waals surface area contributed by atoms with Gasteiger partial charge in [0.2, 0.25) is 5.12 Å². The summed E-state index contributed by atoms with van der Waals surface area (Å²) in [7, 11) is 0. The maximum absolute atomic E-state index is 14.1. The molecule has 1 aromatic heterocycles. The van der Waals surface area contributed by atoms with Gasteiger partial charge >= 0.3 is 5.97 Å². The van der Waals surface area contributed by atoms with E-state index in [1.54, 1.807) is 22.9 Å². The van der Waals surface area contributed by atoms with E-state index < -0.39 is 52.7 Å². The van der Waals surface area contributed by atoms with Crippen molar-refractivity contribution in [2.45, 2.75) is 83.2 Å². The highest BCUT2D eigenvalue weighted by Gasteiger charge is 2.71. The van der Waals surface area contributed by atoms with Crippen LogP contribution < -0.4 is 0 Å². The predicted molar refractivity (Wildman–Crippen MR) is 163 cm³/mol. The Labute approximate surface area is 264 Å². The first-order valence-electron chi connectivity index (χ1n) is 15.7.